The third-order valence-corrected chi connectivity index (χ3v) is 3.42. The first-order valence-electron chi connectivity index (χ1n) is 8.08. The second-order valence-electron chi connectivity index (χ2n) is 6.82. The summed E-state index contributed by atoms with van der Waals surface area (Å²) in [7, 11) is 0. The van der Waals surface area contributed by atoms with Gasteiger partial charge < -0.3 is 4.74 Å². The number of benzene rings is 1. The maximum absolute atomic E-state index is 12.0. The number of esters is 1. The van der Waals surface area contributed by atoms with Gasteiger partial charge in [-0.2, -0.15) is 5.10 Å². The molecule has 3 rings (SSSR count). The van der Waals surface area contributed by atoms with E-state index in [-0.39, 0.29) is 5.69 Å². The molecule has 2 aromatic heterocycles. The van der Waals surface area contributed by atoms with Crippen LogP contribution in [0.1, 0.15) is 42.4 Å². The summed E-state index contributed by atoms with van der Waals surface area (Å²) in [6.45, 7) is 6.73. The number of carbonyl (C=O) groups is 1. The lowest BCUT2D eigenvalue weighted by Gasteiger charge is -2.18. The summed E-state index contributed by atoms with van der Waals surface area (Å²) in [5, 5.41) is 12.1. The maximum Gasteiger partial charge on any atom is 0.361 e. The zero-order valence-electron chi connectivity index (χ0n) is 14.6. The van der Waals surface area contributed by atoms with Crippen molar-refractivity contribution in [1.29, 1.82) is 0 Å². The monoisotopic (exact) mass is 339 g/mol. The Kier molecular flexibility index (Phi) is 4.65. The van der Waals surface area contributed by atoms with Crippen molar-refractivity contribution in [3.8, 4) is 0 Å². The van der Waals surface area contributed by atoms with Crippen molar-refractivity contribution in [2.75, 3.05) is 0 Å². The van der Waals surface area contributed by atoms with Gasteiger partial charge in [0.1, 0.15) is 5.60 Å². The molecule has 0 fully saturated rings. The van der Waals surface area contributed by atoms with E-state index in [0.29, 0.717) is 6.54 Å². The van der Waals surface area contributed by atoms with Crippen LogP contribution in [0, 0.1) is 0 Å². The molecule has 0 saturated carbocycles. The molecule has 130 valence electrons. The first-order valence-corrected chi connectivity index (χ1v) is 8.08. The van der Waals surface area contributed by atoms with E-state index in [2.05, 4.69) is 27.5 Å². The maximum atomic E-state index is 12.0. The van der Waals surface area contributed by atoms with Crippen molar-refractivity contribution < 1.29 is 9.53 Å². The van der Waals surface area contributed by atoms with Gasteiger partial charge in [-0.05, 0) is 38.0 Å². The molecule has 2 heterocycles. The second kappa shape index (κ2) is 6.88. The summed E-state index contributed by atoms with van der Waals surface area (Å²) in [5.41, 5.74) is 1.90. The van der Waals surface area contributed by atoms with Gasteiger partial charge in [0.05, 0.1) is 19.3 Å². The van der Waals surface area contributed by atoms with Crippen LogP contribution in [0.25, 0.3) is 0 Å². The molecule has 0 unspecified atom stereocenters. The van der Waals surface area contributed by atoms with E-state index in [0.717, 1.165) is 12.1 Å². The van der Waals surface area contributed by atoms with Crippen molar-refractivity contribution in [2.24, 2.45) is 0 Å². The Morgan fingerprint density at radius 2 is 1.72 bits per heavy atom. The average molecular weight is 339 g/mol. The van der Waals surface area contributed by atoms with Gasteiger partial charge >= 0.3 is 5.97 Å². The van der Waals surface area contributed by atoms with E-state index in [1.54, 1.807) is 17.1 Å². The van der Waals surface area contributed by atoms with Gasteiger partial charge in [0.15, 0.2) is 5.69 Å². The number of nitrogens with zero attached hydrogens (tertiary/aromatic N) is 5. The first kappa shape index (κ1) is 16.9. The molecule has 0 bridgehead atoms. The third kappa shape index (κ3) is 4.76. The van der Waals surface area contributed by atoms with Crippen molar-refractivity contribution >= 4 is 5.97 Å². The number of rotatable bonds is 5. The molecule has 7 nitrogen and oxygen atoms in total. The Morgan fingerprint density at radius 3 is 2.28 bits per heavy atom. The van der Waals surface area contributed by atoms with E-state index >= 15 is 0 Å². The summed E-state index contributed by atoms with van der Waals surface area (Å²) in [5.74, 6) is -0.465. The fourth-order valence-corrected chi connectivity index (χ4v) is 2.32. The van der Waals surface area contributed by atoms with Crippen molar-refractivity contribution in [3.63, 3.8) is 0 Å². The van der Waals surface area contributed by atoms with Crippen LogP contribution >= 0.6 is 0 Å². The second-order valence-corrected chi connectivity index (χ2v) is 6.82. The predicted octanol–water partition coefficient (Wildman–Crippen LogP) is 2.53. The summed E-state index contributed by atoms with van der Waals surface area (Å²) in [6.07, 6.45) is 5.30. The van der Waals surface area contributed by atoms with Gasteiger partial charge in [-0.15, -0.1) is 5.10 Å². The normalized spacial score (nSPS) is 11.5. The standard InChI is InChI=1S/C18H21N5O2/c1-18(2,3)25-17(24)16-13-23(21-20-16)12-15-7-5-14(6-8-15)11-22-10-4-9-19-22/h4-10,13H,11-12H2,1-3H3. The summed E-state index contributed by atoms with van der Waals surface area (Å²) in [4.78, 5) is 12.0. The number of carbonyl (C=O) groups excluding carboxylic acids is 1. The van der Waals surface area contributed by atoms with Crippen LogP contribution in [0.4, 0.5) is 0 Å². The molecule has 0 aliphatic rings. The van der Waals surface area contributed by atoms with Crippen molar-refractivity contribution in [1.82, 2.24) is 24.8 Å². The topological polar surface area (TPSA) is 74.8 Å². The summed E-state index contributed by atoms with van der Waals surface area (Å²) in [6, 6.07) is 10.1. The molecule has 0 N–H and O–H groups in total. The molecule has 0 aliphatic heterocycles. The molecular formula is C18H21N5O2. The lowest BCUT2D eigenvalue weighted by molar-refractivity contribution is 0.00627. The van der Waals surface area contributed by atoms with Gasteiger partial charge in [-0.25, -0.2) is 9.48 Å². The predicted molar refractivity (Wildman–Crippen MR) is 92.1 cm³/mol. The van der Waals surface area contributed by atoms with Gasteiger partial charge in [0.25, 0.3) is 0 Å². The van der Waals surface area contributed by atoms with Crippen LogP contribution in [-0.4, -0.2) is 36.3 Å². The largest absolute Gasteiger partial charge is 0.455 e. The van der Waals surface area contributed by atoms with Gasteiger partial charge in [-0.3, -0.25) is 4.68 Å². The smallest absolute Gasteiger partial charge is 0.361 e. The van der Waals surface area contributed by atoms with Gasteiger partial charge in [0, 0.05) is 12.4 Å². The molecule has 3 aromatic rings. The van der Waals surface area contributed by atoms with Crippen LogP contribution in [0.2, 0.25) is 0 Å². The highest BCUT2D eigenvalue weighted by atomic mass is 16.6. The van der Waals surface area contributed by atoms with Gasteiger partial charge in [-0.1, -0.05) is 29.5 Å². The van der Waals surface area contributed by atoms with Crippen molar-refractivity contribution in [3.05, 3.63) is 65.7 Å². The van der Waals surface area contributed by atoms with Crippen LogP contribution in [0.5, 0.6) is 0 Å². The van der Waals surface area contributed by atoms with Crippen LogP contribution in [0.15, 0.2) is 48.9 Å². The summed E-state index contributed by atoms with van der Waals surface area (Å²) >= 11 is 0. The molecule has 7 heteroatoms. The number of ether oxygens (including phenoxy) is 1. The van der Waals surface area contributed by atoms with Crippen LogP contribution in [-0.2, 0) is 17.8 Å². The van der Waals surface area contributed by atoms with E-state index in [1.165, 1.54) is 5.56 Å². The third-order valence-electron chi connectivity index (χ3n) is 3.42. The Hall–Kier alpha value is -2.96. The highest BCUT2D eigenvalue weighted by Crippen LogP contribution is 2.11. The molecule has 0 atom stereocenters. The fourth-order valence-electron chi connectivity index (χ4n) is 2.32. The Balaban J connectivity index is 1.62. The molecular weight excluding hydrogens is 318 g/mol. The molecule has 1 aromatic carbocycles. The Bertz CT molecular complexity index is 829. The minimum atomic E-state index is -0.550. The minimum absolute atomic E-state index is 0.213. The number of aromatic nitrogens is 5. The van der Waals surface area contributed by atoms with Crippen LogP contribution in [0.3, 0.4) is 0 Å². The Labute approximate surface area is 146 Å². The van der Waals surface area contributed by atoms with E-state index in [1.807, 2.05) is 49.8 Å². The van der Waals surface area contributed by atoms with E-state index in [4.69, 9.17) is 4.74 Å². The van der Waals surface area contributed by atoms with Crippen molar-refractivity contribution in [2.45, 2.75) is 39.5 Å². The first-order chi connectivity index (χ1) is 11.9. The minimum Gasteiger partial charge on any atom is -0.455 e. The highest BCUT2D eigenvalue weighted by molar-refractivity contribution is 5.87. The fraction of sp³-hybridized carbons (Fsp3) is 0.333. The van der Waals surface area contributed by atoms with Crippen LogP contribution < -0.4 is 0 Å². The molecule has 0 saturated heterocycles. The highest BCUT2D eigenvalue weighted by Gasteiger charge is 2.20. The van der Waals surface area contributed by atoms with E-state index in [9.17, 15) is 4.79 Å². The zero-order valence-corrected chi connectivity index (χ0v) is 14.6. The Morgan fingerprint density at radius 1 is 1.08 bits per heavy atom. The zero-order chi connectivity index (χ0) is 17.9. The van der Waals surface area contributed by atoms with Gasteiger partial charge in [0.2, 0.25) is 0 Å². The van der Waals surface area contributed by atoms with E-state index < -0.39 is 11.6 Å². The average Bonchev–Trinajstić information content (AvgIpc) is 3.19. The molecule has 0 amide bonds. The molecule has 25 heavy (non-hydrogen) atoms. The number of hydrogen-bond donors (Lipinski definition) is 0. The molecule has 0 aliphatic carbocycles. The lowest BCUT2D eigenvalue weighted by atomic mass is 10.1. The SMILES string of the molecule is CC(C)(C)OC(=O)c1cn(Cc2ccc(Cn3cccn3)cc2)nn1. The number of hydrogen-bond acceptors (Lipinski definition) is 5. The molecule has 0 spiro atoms. The molecule has 0 radical (unpaired) electrons. The summed E-state index contributed by atoms with van der Waals surface area (Å²) < 4.78 is 8.79. The lowest BCUT2D eigenvalue weighted by Crippen LogP contribution is -2.24. The quantitative estimate of drug-likeness (QED) is 0.668.